The molecule has 0 spiro atoms. The summed E-state index contributed by atoms with van der Waals surface area (Å²) in [5.74, 6) is 1.70. The predicted octanol–water partition coefficient (Wildman–Crippen LogP) is 1.80. The van der Waals surface area contributed by atoms with E-state index in [1.165, 1.54) is 6.08 Å². The van der Waals surface area contributed by atoms with E-state index in [9.17, 15) is 4.79 Å². The van der Waals surface area contributed by atoms with E-state index in [4.69, 9.17) is 9.47 Å². The lowest BCUT2D eigenvalue weighted by molar-refractivity contribution is -0.111. The predicted molar refractivity (Wildman–Crippen MR) is 73.4 cm³/mol. The molecule has 1 amide bonds. The van der Waals surface area contributed by atoms with Crippen LogP contribution in [-0.4, -0.2) is 22.5 Å². The van der Waals surface area contributed by atoms with Gasteiger partial charge in [-0.05, 0) is 23.8 Å². The van der Waals surface area contributed by atoms with Crippen LogP contribution in [0.5, 0.6) is 11.5 Å². The number of aryl methyl sites for hydroxylation is 1. The number of nitrogens with zero attached hydrogens (tertiary/aromatic N) is 2. The number of fused-ring (bicyclic) bond motifs is 1. The van der Waals surface area contributed by atoms with E-state index in [0.717, 1.165) is 11.3 Å². The summed E-state index contributed by atoms with van der Waals surface area (Å²) in [7, 11) is 1.79. The third kappa shape index (κ3) is 2.64. The Balaban J connectivity index is 1.66. The van der Waals surface area contributed by atoms with E-state index in [2.05, 4.69) is 10.4 Å². The summed E-state index contributed by atoms with van der Waals surface area (Å²) in [6, 6.07) is 7.23. The molecule has 0 saturated heterocycles. The van der Waals surface area contributed by atoms with E-state index >= 15 is 0 Å². The highest BCUT2D eigenvalue weighted by molar-refractivity contribution is 6.01. The molecule has 6 heteroatoms. The number of hydrogen-bond donors (Lipinski definition) is 1. The third-order valence-electron chi connectivity index (χ3n) is 2.79. The quantitative estimate of drug-likeness (QED) is 0.864. The zero-order chi connectivity index (χ0) is 13.9. The largest absolute Gasteiger partial charge is 0.454 e. The van der Waals surface area contributed by atoms with Gasteiger partial charge >= 0.3 is 0 Å². The van der Waals surface area contributed by atoms with Crippen molar-refractivity contribution in [3.63, 3.8) is 0 Å². The third-order valence-corrected chi connectivity index (χ3v) is 2.79. The number of ether oxygens (including phenoxy) is 2. The minimum absolute atomic E-state index is 0.235. The lowest BCUT2D eigenvalue weighted by Gasteiger charge is -1.98. The Kier molecular flexibility index (Phi) is 3.12. The summed E-state index contributed by atoms with van der Waals surface area (Å²) in [4.78, 5) is 11.7. The fourth-order valence-electron chi connectivity index (χ4n) is 1.84. The van der Waals surface area contributed by atoms with Crippen molar-refractivity contribution in [2.75, 3.05) is 12.1 Å². The fourth-order valence-corrected chi connectivity index (χ4v) is 1.84. The van der Waals surface area contributed by atoms with Crippen LogP contribution < -0.4 is 14.8 Å². The molecule has 6 nitrogen and oxygen atoms in total. The molecule has 0 saturated carbocycles. The Hall–Kier alpha value is -2.76. The van der Waals surface area contributed by atoms with Crippen molar-refractivity contribution < 1.29 is 14.3 Å². The molecule has 1 aliphatic heterocycles. The average molecular weight is 271 g/mol. The van der Waals surface area contributed by atoms with Gasteiger partial charge in [-0.2, -0.15) is 5.10 Å². The summed E-state index contributed by atoms with van der Waals surface area (Å²) >= 11 is 0. The van der Waals surface area contributed by atoms with Crippen molar-refractivity contribution in [1.82, 2.24) is 9.78 Å². The second-order valence-electron chi connectivity index (χ2n) is 4.31. The average Bonchev–Trinajstić information content (AvgIpc) is 3.04. The molecule has 0 atom stereocenters. The van der Waals surface area contributed by atoms with Gasteiger partial charge in [-0.15, -0.1) is 0 Å². The van der Waals surface area contributed by atoms with Crippen LogP contribution in [0.4, 0.5) is 5.82 Å². The van der Waals surface area contributed by atoms with Crippen LogP contribution >= 0.6 is 0 Å². The highest BCUT2D eigenvalue weighted by Gasteiger charge is 2.12. The van der Waals surface area contributed by atoms with Gasteiger partial charge in [-0.25, -0.2) is 0 Å². The van der Waals surface area contributed by atoms with Crippen LogP contribution in [0, 0.1) is 0 Å². The summed E-state index contributed by atoms with van der Waals surface area (Å²) < 4.78 is 12.1. The molecule has 0 aliphatic carbocycles. The molecule has 102 valence electrons. The molecular weight excluding hydrogens is 258 g/mol. The van der Waals surface area contributed by atoms with Gasteiger partial charge < -0.3 is 14.8 Å². The maximum atomic E-state index is 11.7. The minimum atomic E-state index is -0.235. The lowest BCUT2D eigenvalue weighted by Crippen LogP contribution is -2.08. The smallest absolute Gasteiger partial charge is 0.249 e. The standard InChI is InChI=1S/C14H13N3O3/c1-17-7-6-13(16-17)15-14(18)5-3-10-2-4-11-12(8-10)20-9-19-11/h2-8H,9H2,1H3,(H,15,16,18). The van der Waals surface area contributed by atoms with Crippen molar-refractivity contribution in [2.24, 2.45) is 7.05 Å². The Morgan fingerprint density at radius 2 is 2.20 bits per heavy atom. The van der Waals surface area contributed by atoms with Gasteiger partial charge in [-0.1, -0.05) is 6.07 Å². The van der Waals surface area contributed by atoms with Crippen molar-refractivity contribution in [3.8, 4) is 11.5 Å². The van der Waals surface area contributed by atoms with Crippen LogP contribution in [0.25, 0.3) is 6.08 Å². The first-order valence-corrected chi connectivity index (χ1v) is 6.09. The zero-order valence-corrected chi connectivity index (χ0v) is 10.9. The molecule has 20 heavy (non-hydrogen) atoms. The van der Waals surface area contributed by atoms with Crippen LogP contribution in [0.3, 0.4) is 0 Å². The fraction of sp³-hybridized carbons (Fsp3) is 0.143. The number of benzene rings is 1. The van der Waals surface area contributed by atoms with E-state index < -0.39 is 0 Å². The second-order valence-corrected chi connectivity index (χ2v) is 4.31. The first-order chi connectivity index (χ1) is 9.70. The summed E-state index contributed by atoms with van der Waals surface area (Å²) in [6.07, 6.45) is 4.92. The topological polar surface area (TPSA) is 65.4 Å². The molecule has 0 fully saturated rings. The van der Waals surface area contributed by atoms with Gasteiger partial charge in [0.2, 0.25) is 12.7 Å². The van der Waals surface area contributed by atoms with Crippen molar-refractivity contribution in [3.05, 3.63) is 42.1 Å². The first-order valence-electron chi connectivity index (χ1n) is 6.09. The Bertz CT molecular complexity index is 676. The molecule has 3 rings (SSSR count). The number of hydrogen-bond acceptors (Lipinski definition) is 4. The molecule has 0 radical (unpaired) electrons. The highest BCUT2D eigenvalue weighted by Crippen LogP contribution is 2.32. The number of carbonyl (C=O) groups excluding carboxylic acids is 1. The van der Waals surface area contributed by atoms with Gasteiger partial charge in [0.1, 0.15) is 0 Å². The molecule has 2 aromatic rings. The zero-order valence-electron chi connectivity index (χ0n) is 10.9. The van der Waals surface area contributed by atoms with E-state index in [0.29, 0.717) is 11.6 Å². The van der Waals surface area contributed by atoms with Crippen LogP contribution in [-0.2, 0) is 11.8 Å². The van der Waals surface area contributed by atoms with Crippen LogP contribution in [0.15, 0.2) is 36.5 Å². The van der Waals surface area contributed by atoms with E-state index in [1.54, 1.807) is 30.1 Å². The summed E-state index contributed by atoms with van der Waals surface area (Å²) in [5.41, 5.74) is 0.866. The van der Waals surface area contributed by atoms with Crippen LogP contribution in [0.2, 0.25) is 0 Å². The van der Waals surface area contributed by atoms with Crippen molar-refractivity contribution >= 4 is 17.8 Å². The minimum Gasteiger partial charge on any atom is -0.454 e. The second kappa shape index (κ2) is 5.08. The number of carbonyl (C=O) groups is 1. The monoisotopic (exact) mass is 271 g/mol. The van der Waals surface area contributed by atoms with Gasteiger partial charge in [0, 0.05) is 25.4 Å². The number of aromatic nitrogens is 2. The Morgan fingerprint density at radius 1 is 1.35 bits per heavy atom. The molecule has 1 aromatic carbocycles. The van der Waals surface area contributed by atoms with Gasteiger partial charge in [0.25, 0.3) is 0 Å². The molecular formula is C14H13N3O3. The molecule has 2 heterocycles. The Labute approximate surface area is 115 Å². The molecule has 0 bridgehead atoms. The SMILES string of the molecule is Cn1ccc(NC(=O)C=Cc2ccc3c(c2)OCO3)n1. The number of anilines is 1. The van der Waals surface area contributed by atoms with Crippen molar-refractivity contribution in [2.45, 2.75) is 0 Å². The van der Waals surface area contributed by atoms with E-state index in [1.807, 2.05) is 18.2 Å². The first kappa shape index (κ1) is 12.3. The molecule has 0 unspecified atom stereocenters. The van der Waals surface area contributed by atoms with Crippen molar-refractivity contribution in [1.29, 1.82) is 0 Å². The van der Waals surface area contributed by atoms with Gasteiger partial charge in [0.15, 0.2) is 17.3 Å². The lowest BCUT2D eigenvalue weighted by atomic mass is 10.2. The highest BCUT2D eigenvalue weighted by atomic mass is 16.7. The normalized spacial score (nSPS) is 12.8. The number of amides is 1. The van der Waals surface area contributed by atoms with Gasteiger partial charge in [-0.3, -0.25) is 9.48 Å². The summed E-state index contributed by atoms with van der Waals surface area (Å²) in [6.45, 7) is 0.239. The maximum absolute atomic E-state index is 11.7. The van der Waals surface area contributed by atoms with Gasteiger partial charge in [0.05, 0.1) is 0 Å². The maximum Gasteiger partial charge on any atom is 0.249 e. The van der Waals surface area contributed by atoms with Crippen LogP contribution in [0.1, 0.15) is 5.56 Å². The number of nitrogens with one attached hydrogen (secondary N) is 1. The molecule has 1 aromatic heterocycles. The summed E-state index contributed by atoms with van der Waals surface area (Å²) in [5, 5.41) is 6.74. The van der Waals surface area contributed by atoms with E-state index in [-0.39, 0.29) is 12.7 Å². The Morgan fingerprint density at radius 3 is 3.00 bits per heavy atom. The molecule has 1 N–H and O–H groups in total. The molecule has 1 aliphatic rings. The number of rotatable bonds is 3.